The van der Waals surface area contributed by atoms with E-state index in [0.29, 0.717) is 49.7 Å². The molecule has 0 aliphatic heterocycles. The topological polar surface area (TPSA) is 61.6 Å². The third kappa shape index (κ3) is 5.70. The van der Waals surface area contributed by atoms with Crippen LogP contribution in [0.5, 0.6) is 0 Å². The summed E-state index contributed by atoms with van der Waals surface area (Å²) in [5.41, 5.74) is 0. The van der Waals surface area contributed by atoms with Gasteiger partial charge in [0, 0.05) is 49.7 Å². The zero-order valence-corrected chi connectivity index (χ0v) is 13.9. The third-order valence-electron chi connectivity index (χ3n) is 2.31. The lowest BCUT2D eigenvalue weighted by Crippen LogP contribution is -2.44. The molecule has 0 fully saturated rings. The standard InChI is InChI=1S/C8H19Cl4N4OP/c9-1-5-15(6-2-10)18(17,14-13)16(7-3-11)8-4-12/h1-8,13H2,(H,14,17). The van der Waals surface area contributed by atoms with Crippen molar-refractivity contribution in [2.75, 3.05) is 49.7 Å². The number of nitrogens with two attached hydrogens (primary N) is 1. The third-order valence-corrected chi connectivity index (χ3v) is 5.65. The molecule has 0 atom stereocenters. The number of rotatable bonds is 11. The summed E-state index contributed by atoms with van der Waals surface area (Å²) in [5.74, 6) is 6.79. The Hall–Kier alpha value is 1.23. The first-order chi connectivity index (χ1) is 8.60. The number of nitrogens with one attached hydrogen (secondary N) is 1. The van der Waals surface area contributed by atoms with Crippen LogP contribution >= 0.6 is 54.0 Å². The summed E-state index contributed by atoms with van der Waals surface area (Å²) in [4.78, 5) is 0. The maximum absolute atomic E-state index is 12.9. The van der Waals surface area contributed by atoms with Crippen LogP contribution in [0.1, 0.15) is 0 Å². The molecule has 0 rings (SSSR count). The molecule has 0 amide bonds. The Bertz CT molecular complexity index is 229. The van der Waals surface area contributed by atoms with E-state index < -0.39 is 7.59 Å². The monoisotopic (exact) mass is 358 g/mol. The maximum Gasteiger partial charge on any atom is 0.297 e. The molecule has 0 aromatic heterocycles. The van der Waals surface area contributed by atoms with Gasteiger partial charge in [0.1, 0.15) is 0 Å². The second kappa shape index (κ2) is 11.0. The highest BCUT2D eigenvalue weighted by Crippen LogP contribution is 2.47. The average Bonchev–Trinajstić information content (AvgIpc) is 2.37. The van der Waals surface area contributed by atoms with E-state index in [1.807, 2.05) is 0 Å². The van der Waals surface area contributed by atoms with Gasteiger partial charge in [-0.2, -0.15) is 5.20 Å². The molecule has 0 aliphatic rings. The number of hydrogen-bond donors (Lipinski definition) is 2. The Balaban J connectivity index is 5.03. The number of halogens is 4. The van der Waals surface area contributed by atoms with Gasteiger partial charge in [-0.25, -0.2) is 9.34 Å². The van der Waals surface area contributed by atoms with Crippen molar-refractivity contribution >= 4 is 54.0 Å². The maximum atomic E-state index is 12.9. The zero-order chi connectivity index (χ0) is 14.0. The van der Waals surface area contributed by atoms with Gasteiger partial charge in [-0.3, -0.25) is 10.4 Å². The molecule has 0 bridgehead atoms. The lowest BCUT2D eigenvalue weighted by molar-refractivity contribution is 0.352. The van der Waals surface area contributed by atoms with Gasteiger partial charge in [0.25, 0.3) is 7.59 Å². The molecule has 5 nitrogen and oxygen atoms in total. The van der Waals surface area contributed by atoms with Crippen molar-refractivity contribution in [1.29, 1.82) is 0 Å². The van der Waals surface area contributed by atoms with Gasteiger partial charge in [-0.1, -0.05) is 0 Å². The lowest BCUT2D eigenvalue weighted by atomic mass is 10.6. The number of hydrogen-bond acceptors (Lipinski definition) is 2. The minimum absolute atomic E-state index is 0.331. The largest absolute Gasteiger partial charge is 0.297 e. The van der Waals surface area contributed by atoms with Crippen molar-refractivity contribution in [3.63, 3.8) is 0 Å². The molecule has 3 N–H and O–H groups in total. The van der Waals surface area contributed by atoms with Crippen LogP contribution in [0.15, 0.2) is 0 Å². The van der Waals surface area contributed by atoms with E-state index in [1.165, 1.54) is 0 Å². The molecule has 0 heterocycles. The fourth-order valence-corrected chi connectivity index (χ4v) is 4.95. The van der Waals surface area contributed by atoms with Crippen molar-refractivity contribution in [2.24, 2.45) is 5.84 Å². The predicted octanol–water partition coefficient (Wildman–Crippen LogP) is 2.12. The molecule has 0 saturated heterocycles. The average molecular weight is 360 g/mol. The Morgan fingerprint density at radius 1 is 0.833 bits per heavy atom. The molecule has 0 aromatic rings. The lowest BCUT2D eigenvalue weighted by Gasteiger charge is -2.37. The highest BCUT2D eigenvalue weighted by atomic mass is 35.5. The van der Waals surface area contributed by atoms with Crippen LogP contribution in [0, 0.1) is 0 Å². The molecule has 110 valence electrons. The molecule has 0 radical (unpaired) electrons. The summed E-state index contributed by atoms with van der Waals surface area (Å²) in [6.07, 6.45) is 0. The van der Waals surface area contributed by atoms with Gasteiger partial charge < -0.3 is 0 Å². The molecule has 10 heteroatoms. The van der Waals surface area contributed by atoms with Crippen LogP contribution in [-0.2, 0) is 4.57 Å². The molecule has 0 aromatic carbocycles. The summed E-state index contributed by atoms with van der Waals surface area (Å²) in [6.45, 7) is 1.65. The molecular weight excluding hydrogens is 341 g/mol. The Morgan fingerprint density at radius 3 is 1.28 bits per heavy atom. The van der Waals surface area contributed by atoms with Crippen LogP contribution in [-0.4, -0.2) is 59.0 Å². The van der Waals surface area contributed by atoms with Gasteiger partial charge in [0.2, 0.25) is 0 Å². The Kier molecular flexibility index (Phi) is 11.7. The second-order valence-corrected chi connectivity index (χ2v) is 7.33. The normalized spacial score (nSPS) is 12.6. The molecular formula is C8H19Cl4N4OP. The van der Waals surface area contributed by atoms with Crippen LogP contribution in [0.25, 0.3) is 0 Å². The highest BCUT2D eigenvalue weighted by Gasteiger charge is 2.35. The first-order valence-electron chi connectivity index (χ1n) is 5.43. The van der Waals surface area contributed by atoms with Gasteiger partial charge >= 0.3 is 0 Å². The van der Waals surface area contributed by atoms with Crippen molar-refractivity contribution in [2.45, 2.75) is 0 Å². The van der Waals surface area contributed by atoms with Crippen molar-refractivity contribution in [3.8, 4) is 0 Å². The summed E-state index contributed by atoms with van der Waals surface area (Å²) < 4.78 is 16.2. The smallest absolute Gasteiger partial charge is 0.269 e. The van der Waals surface area contributed by atoms with E-state index in [0.717, 1.165) is 0 Å². The van der Waals surface area contributed by atoms with E-state index in [9.17, 15) is 4.57 Å². The first-order valence-corrected chi connectivity index (χ1v) is 9.18. The minimum Gasteiger partial charge on any atom is -0.269 e. The summed E-state index contributed by atoms with van der Waals surface area (Å²) in [7, 11) is -3.13. The SMILES string of the molecule is NNP(=O)(N(CCCl)CCCl)N(CCCl)CCCl. The summed E-state index contributed by atoms with van der Waals surface area (Å²) in [6, 6.07) is 0. The molecule has 0 aliphatic carbocycles. The number of hydrazine groups is 1. The van der Waals surface area contributed by atoms with Gasteiger partial charge in [-0.05, 0) is 0 Å². The van der Waals surface area contributed by atoms with Crippen molar-refractivity contribution < 1.29 is 4.57 Å². The van der Waals surface area contributed by atoms with E-state index in [1.54, 1.807) is 9.34 Å². The number of nitrogens with zero attached hydrogens (tertiary/aromatic N) is 2. The zero-order valence-electron chi connectivity index (χ0n) is 10.00. The first kappa shape index (κ1) is 19.2. The summed E-state index contributed by atoms with van der Waals surface area (Å²) in [5, 5.41) is 2.39. The van der Waals surface area contributed by atoms with Gasteiger partial charge in [0.05, 0.1) is 0 Å². The Morgan fingerprint density at radius 2 is 1.11 bits per heavy atom. The fraction of sp³-hybridized carbons (Fsp3) is 1.00. The quantitative estimate of drug-likeness (QED) is 0.256. The van der Waals surface area contributed by atoms with Crippen molar-refractivity contribution in [1.82, 2.24) is 14.5 Å². The van der Waals surface area contributed by atoms with E-state index >= 15 is 0 Å². The Labute approximate surface area is 128 Å². The van der Waals surface area contributed by atoms with Crippen LogP contribution in [0.2, 0.25) is 0 Å². The predicted molar refractivity (Wildman–Crippen MR) is 81.0 cm³/mol. The van der Waals surface area contributed by atoms with Gasteiger partial charge in [-0.15, -0.1) is 46.4 Å². The molecule has 0 spiro atoms. The highest BCUT2D eigenvalue weighted by molar-refractivity contribution is 7.56. The van der Waals surface area contributed by atoms with E-state index in [4.69, 9.17) is 52.2 Å². The number of alkyl halides is 4. The van der Waals surface area contributed by atoms with Crippen LogP contribution in [0.3, 0.4) is 0 Å². The molecule has 0 saturated carbocycles. The second-order valence-electron chi connectivity index (χ2n) is 3.34. The van der Waals surface area contributed by atoms with E-state index in [-0.39, 0.29) is 0 Å². The fourth-order valence-electron chi connectivity index (χ4n) is 1.50. The van der Waals surface area contributed by atoms with Crippen molar-refractivity contribution in [3.05, 3.63) is 0 Å². The van der Waals surface area contributed by atoms with Crippen LogP contribution < -0.4 is 11.0 Å². The van der Waals surface area contributed by atoms with Gasteiger partial charge in [0.15, 0.2) is 0 Å². The van der Waals surface area contributed by atoms with E-state index in [2.05, 4.69) is 5.20 Å². The molecule has 0 unspecified atom stereocenters. The molecule has 18 heavy (non-hydrogen) atoms. The minimum atomic E-state index is -3.13. The summed E-state index contributed by atoms with van der Waals surface area (Å²) >= 11 is 22.8. The van der Waals surface area contributed by atoms with Crippen LogP contribution in [0.4, 0.5) is 0 Å².